The number of hydrogen-bond donors (Lipinski definition) is 3. The first-order chi connectivity index (χ1) is 9.50. The van der Waals surface area contributed by atoms with Crippen molar-refractivity contribution in [1.29, 1.82) is 0 Å². The van der Waals surface area contributed by atoms with Crippen LogP contribution in [0.15, 0.2) is 48.5 Å². The van der Waals surface area contributed by atoms with Gasteiger partial charge in [0.15, 0.2) is 0 Å². The zero-order valence-corrected chi connectivity index (χ0v) is 11.7. The second kappa shape index (κ2) is 5.55. The van der Waals surface area contributed by atoms with Gasteiger partial charge in [-0.2, -0.15) is 0 Å². The highest BCUT2D eigenvalue weighted by molar-refractivity contribution is 5.43. The summed E-state index contributed by atoms with van der Waals surface area (Å²) in [5.74, 6) is 0.562. The Morgan fingerprint density at radius 2 is 1.15 bits per heavy atom. The summed E-state index contributed by atoms with van der Waals surface area (Å²) < 4.78 is 0. The van der Waals surface area contributed by atoms with E-state index in [2.05, 4.69) is 13.8 Å². The predicted molar refractivity (Wildman–Crippen MR) is 78.9 cm³/mol. The second-order valence-corrected chi connectivity index (χ2v) is 5.38. The smallest absolute Gasteiger partial charge is 0.115 e. The maximum Gasteiger partial charge on any atom is 0.115 e. The molecule has 3 nitrogen and oxygen atoms in total. The number of benzene rings is 2. The Hall–Kier alpha value is -2.00. The Morgan fingerprint density at radius 1 is 0.800 bits per heavy atom. The lowest BCUT2D eigenvalue weighted by Gasteiger charge is -2.37. The maximum absolute atomic E-state index is 10.1. The molecule has 2 rings (SSSR count). The van der Waals surface area contributed by atoms with Crippen LogP contribution in [0.25, 0.3) is 0 Å². The lowest BCUT2D eigenvalue weighted by atomic mass is 9.67. The Kier molecular flexibility index (Phi) is 4.00. The van der Waals surface area contributed by atoms with Crippen LogP contribution in [0.4, 0.5) is 0 Å². The molecular weight excluding hydrogens is 252 g/mol. The second-order valence-electron chi connectivity index (χ2n) is 5.38. The molecule has 2 aromatic carbocycles. The normalized spacial score (nSPS) is 11.8. The number of aliphatic hydroxyl groups excluding tert-OH is 1. The lowest BCUT2D eigenvalue weighted by molar-refractivity contribution is 0.181. The van der Waals surface area contributed by atoms with Crippen molar-refractivity contribution in [1.82, 2.24) is 0 Å². The van der Waals surface area contributed by atoms with Crippen molar-refractivity contribution in [3.05, 3.63) is 59.7 Å². The highest BCUT2D eigenvalue weighted by Crippen LogP contribution is 2.39. The first-order valence-electron chi connectivity index (χ1n) is 6.70. The molecule has 3 N–H and O–H groups in total. The summed E-state index contributed by atoms with van der Waals surface area (Å²) in [6, 6.07) is 13.8. The molecule has 0 aliphatic heterocycles. The molecule has 0 saturated heterocycles. The van der Waals surface area contributed by atoms with E-state index in [1.807, 2.05) is 24.3 Å². The van der Waals surface area contributed by atoms with Crippen molar-refractivity contribution in [2.45, 2.75) is 19.3 Å². The van der Waals surface area contributed by atoms with E-state index in [0.717, 1.165) is 11.1 Å². The topological polar surface area (TPSA) is 60.7 Å². The Balaban J connectivity index is 2.61. The van der Waals surface area contributed by atoms with Crippen molar-refractivity contribution in [3.63, 3.8) is 0 Å². The van der Waals surface area contributed by atoms with E-state index in [1.54, 1.807) is 24.3 Å². The summed E-state index contributed by atoms with van der Waals surface area (Å²) in [5, 5.41) is 29.0. The van der Waals surface area contributed by atoms with Gasteiger partial charge in [-0.25, -0.2) is 0 Å². The molecule has 20 heavy (non-hydrogen) atoms. The predicted octanol–water partition coefficient (Wildman–Crippen LogP) is 3.03. The zero-order valence-electron chi connectivity index (χ0n) is 11.7. The summed E-state index contributed by atoms with van der Waals surface area (Å²) in [5.41, 5.74) is 1.33. The van der Waals surface area contributed by atoms with E-state index in [0.29, 0.717) is 0 Å². The summed E-state index contributed by atoms with van der Waals surface area (Å²) in [6.07, 6.45) is 0. The van der Waals surface area contributed by atoms with Crippen LogP contribution in [0.2, 0.25) is 0 Å². The van der Waals surface area contributed by atoms with Crippen molar-refractivity contribution in [2.24, 2.45) is 5.92 Å². The fraction of sp³-hybridized carbons (Fsp3) is 0.294. The Bertz CT molecular complexity index is 510. The summed E-state index contributed by atoms with van der Waals surface area (Å²) in [4.78, 5) is 0. The van der Waals surface area contributed by atoms with Crippen molar-refractivity contribution in [3.8, 4) is 11.5 Å². The minimum atomic E-state index is -0.554. The zero-order chi connectivity index (χ0) is 14.8. The van der Waals surface area contributed by atoms with Gasteiger partial charge in [-0.1, -0.05) is 38.1 Å². The van der Waals surface area contributed by atoms with Gasteiger partial charge in [-0.3, -0.25) is 0 Å². The van der Waals surface area contributed by atoms with Crippen LogP contribution in [-0.2, 0) is 5.41 Å². The quantitative estimate of drug-likeness (QED) is 0.801. The molecule has 0 amide bonds. The van der Waals surface area contributed by atoms with E-state index in [1.165, 1.54) is 0 Å². The third kappa shape index (κ3) is 2.37. The van der Waals surface area contributed by atoms with E-state index < -0.39 is 5.41 Å². The third-order valence-electron chi connectivity index (χ3n) is 4.00. The molecule has 0 heterocycles. The van der Waals surface area contributed by atoms with E-state index in [9.17, 15) is 15.3 Å². The van der Waals surface area contributed by atoms with Crippen molar-refractivity contribution < 1.29 is 15.3 Å². The minimum absolute atomic E-state index is 0.0415. The first kappa shape index (κ1) is 14.4. The van der Waals surface area contributed by atoms with Gasteiger partial charge in [0.25, 0.3) is 0 Å². The van der Waals surface area contributed by atoms with Gasteiger partial charge < -0.3 is 15.3 Å². The molecule has 0 fully saturated rings. The molecule has 0 spiro atoms. The molecule has 3 heteroatoms. The molecule has 0 atom stereocenters. The van der Waals surface area contributed by atoms with Gasteiger partial charge in [-0.05, 0) is 41.3 Å². The van der Waals surface area contributed by atoms with Gasteiger partial charge in [0, 0.05) is 5.41 Å². The van der Waals surface area contributed by atoms with Gasteiger partial charge in [0.05, 0.1) is 6.61 Å². The number of aromatic hydroxyl groups is 2. The molecule has 0 aliphatic carbocycles. The number of aliphatic hydroxyl groups is 1. The minimum Gasteiger partial charge on any atom is -0.508 e. The number of phenols is 2. The summed E-state index contributed by atoms with van der Waals surface area (Å²) in [7, 11) is 0. The van der Waals surface area contributed by atoms with Gasteiger partial charge in [-0.15, -0.1) is 0 Å². The van der Waals surface area contributed by atoms with E-state index in [4.69, 9.17) is 0 Å². The average molecular weight is 272 g/mol. The highest BCUT2D eigenvalue weighted by atomic mass is 16.3. The molecule has 2 aromatic rings. The first-order valence-corrected chi connectivity index (χ1v) is 6.70. The Morgan fingerprint density at radius 3 is 1.40 bits per heavy atom. The monoisotopic (exact) mass is 272 g/mol. The highest BCUT2D eigenvalue weighted by Gasteiger charge is 2.37. The van der Waals surface area contributed by atoms with Gasteiger partial charge in [0.2, 0.25) is 0 Å². The molecule has 0 radical (unpaired) electrons. The molecule has 106 valence electrons. The van der Waals surface area contributed by atoms with Gasteiger partial charge in [0.1, 0.15) is 11.5 Å². The van der Waals surface area contributed by atoms with Crippen molar-refractivity contribution in [2.75, 3.05) is 6.61 Å². The molecule has 0 aliphatic rings. The van der Waals surface area contributed by atoms with E-state index >= 15 is 0 Å². The SMILES string of the molecule is CC(C)C(CO)(c1ccc(O)cc1)c1ccc(O)cc1. The van der Waals surface area contributed by atoms with Gasteiger partial charge >= 0.3 is 0 Å². The molecule has 0 unspecified atom stereocenters. The van der Waals surface area contributed by atoms with Crippen LogP contribution in [0.3, 0.4) is 0 Å². The van der Waals surface area contributed by atoms with Crippen LogP contribution >= 0.6 is 0 Å². The van der Waals surface area contributed by atoms with Crippen molar-refractivity contribution >= 4 is 0 Å². The lowest BCUT2D eigenvalue weighted by Crippen LogP contribution is -2.37. The third-order valence-corrected chi connectivity index (χ3v) is 4.00. The average Bonchev–Trinajstić information content (AvgIpc) is 2.43. The Labute approximate surface area is 119 Å². The number of hydrogen-bond acceptors (Lipinski definition) is 3. The summed E-state index contributed by atoms with van der Waals surface area (Å²) in [6.45, 7) is 4.06. The number of phenolic OH excluding ortho intramolecular Hbond substituents is 2. The molecule has 0 saturated carbocycles. The fourth-order valence-electron chi connectivity index (χ4n) is 2.72. The maximum atomic E-state index is 10.1. The fourth-order valence-corrected chi connectivity index (χ4v) is 2.72. The standard InChI is InChI=1S/C17H20O3/c1-12(2)17(11-18,13-3-7-15(19)8-4-13)14-5-9-16(20)10-6-14/h3-10,12,18-20H,11H2,1-2H3. The molecular formula is C17H20O3. The largest absolute Gasteiger partial charge is 0.508 e. The van der Waals surface area contributed by atoms with Crippen LogP contribution in [0.1, 0.15) is 25.0 Å². The van der Waals surface area contributed by atoms with Crippen LogP contribution in [-0.4, -0.2) is 21.9 Å². The van der Waals surface area contributed by atoms with E-state index in [-0.39, 0.29) is 24.0 Å². The van der Waals surface area contributed by atoms with Crippen LogP contribution < -0.4 is 0 Å². The molecule has 0 bridgehead atoms. The number of rotatable bonds is 4. The summed E-state index contributed by atoms with van der Waals surface area (Å²) >= 11 is 0. The van der Waals surface area contributed by atoms with Crippen LogP contribution in [0.5, 0.6) is 11.5 Å². The van der Waals surface area contributed by atoms with Crippen LogP contribution in [0, 0.1) is 5.92 Å². The molecule has 0 aromatic heterocycles.